The Labute approximate surface area is 95.7 Å². The van der Waals surface area contributed by atoms with Crippen molar-refractivity contribution in [2.75, 3.05) is 7.11 Å². The summed E-state index contributed by atoms with van der Waals surface area (Å²) in [5.41, 5.74) is 1.79. The summed E-state index contributed by atoms with van der Waals surface area (Å²) < 4.78 is 4.24. The van der Waals surface area contributed by atoms with E-state index in [0.717, 1.165) is 25.5 Å². The van der Waals surface area contributed by atoms with Gasteiger partial charge in [-0.05, 0) is 12.1 Å². The number of rotatable bonds is 3. The summed E-state index contributed by atoms with van der Waals surface area (Å²) in [7, 11) is 1.15. The number of methoxy groups -OCH3 is 1. The maximum atomic E-state index is 10.7. The number of hydrazone groups is 1. The maximum Gasteiger partial charge on any atom is 0.427 e. The minimum absolute atomic E-state index is 0.0615. The Bertz CT molecular complexity index is 472. The molecule has 0 aliphatic rings. The standard InChI is InChI=1S/C9H9N3O5/c1-17-9(14)11-10-5-6-4-7(13)2-3-8(6)12(15)16/h2-5,13H,1H3,(H,11,14)/b10-5+. The van der Waals surface area contributed by atoms with Crippen LogP contribution < -0.4 is 5.43 Å². The third-order valence-corrected chi connectivity index (χ3v) is 1.75. The summed E-state index contributed by atoms with van der Waals surface area (Å²) >= 11 is 0. The largest absolute Gasteiger partial charge is 0.508 e. The van der Waals surface area contributed by atoms with Crippen LogP contribution >= 0.6 is 0 Å². The zero-order chi connectivity index (χ0) is 12.8. The second kappa shape index (κ2) is 5.45. The van der Waals surface area contributed by atoms with Gasteiger partial charge in [0.15, 0.2) is 0 Å². The van der Waals surface area contributed by atoms with Gasteiger partial charge in [-0.25, -0.2) is 10.2 Å². The molecule has 0 bridgehead atoms. The van der Waals surface area contributed by atoms with Gasteiger partial charge in [0.05, 0.1) is 23.8 Å². The van der Waals surface area contributed by atoms with Crippen LogP contribution in [0.15, 0.2) is 23.3 Å². The van der Waals surface area contributed by atoms with Crippen LogP contribution in [0.2, 0.25) is 0 Å². The molecule has 0 saturated heterocycles. The van der Waals surface area contributed by atoms with E-state index in [2.05, 4.69) is 9.84 Å². The van der Waals surface area contributed by atoms with Crippen molar-refractivity contribution in [3.63, 3.8) is 0 Å². The van der Waals surface area contributed by atoms with Crippen molar-refractivity contribution in [1.82, 2.24) is 5.43 Å². The number of carbonyl (C=O) groups is 1. The van der Waals surface area contributed by atoms with E-state index >= 15 is 0 Å². The number of benzene rings is 1. The molecular formula is C9H9N3O5. The first-order valence-electron chi connectivity index (χ1n) is 4.39. The Hall–Kier alpha value is -2.64. The van der Waals surface area contributed by atoms with Gasteiger partial charge in [0.25, 0.3) is 5.69 Å². The minimum atomic E-state index is -0.802. The molecule has 90 valence electrons. The number of ether oxygens (including phenoxy) is 1. The number of nitrogens with zero attached hydrogens (tertiary/aromatic N) is 2. The highest BCUT2D eigenvalue weighted by molar-refractivity contribution is 5.86. The molecule has 1 aromatic rings. The molecule has 8 nitrogen and oxygen atoms in total. The van der Waals surface area contributed by atoms with Crippen molar-refractivity contribution < 1.29 is 19.6 Å². The Balaban J connectivity index is 2.92. The highest BCUT2D eigenvalue weighted by atomic mass is 16.6. The predicted molar refractivity (Wildman–Crippen MR) is 57.9 cm³/mol. The molecule has 0 radical (unpaired) electrons. The van der Waals surface area contributed by atoms with Crippen molar-refractivity contribution in [1.29, 1.82) is 0 Å². The number of nitro groups is 1. The zero-order valence-electron chi connectivity index (χ0n) is 8.78. The fourth-order valence-corrected chi connectivity index (χ4v) is 1.01. The van der Waals surface area contributed by atoms with Gasteiger partial charge < -0.3 is 9.84 Å². The first-order valence-corrected chi connectivity index (χ1v) is 4.39. The van der Waals surface area contributed by atoms with Crippen LogP contribution in [-0.4, -0.2) is 29.4 Å². The highest BCUT2D eigenvalue weighted by Crippen LogP contribution is 2.21. The van der Waals surface area contributed by atoms with Crippen LogP contribution in [0.3, 0.4) is 0 Å². The van der Waals surface area contributed by atoms with E-state index in [9.17, 15) is 20.0 Å². The normalized spacial score (nSPS) is 10.2. The van der Waals surface area contributed by atoms with Gasteiger partial charge in [0.1, 0.15) is 5.75 Å². The Morgan fingerprint density at radius 2 is 2.35 bits per heavy atom. The van der Waals surface area contributed by atoms with Gasteiger partial charge in [-0.2, -0.15) is 5.10 Å². The quantitative estimate of drug-likeness (QED) is 0.463. The summed E-state index contributed by atoms with van der Waals surface area (Å²) in [5, 5.41) is 23.2. The van der Waals surface area contributed by atoms with Crippen molar-refractivity contribution >= 4 is 18.0 Å². The molecule has 1 aromatic carbocycles. The van der Waals surface area contributed by atoms with Gasteiger partial charge >= 0.3 is 6.09 Å². The number of phenolic OH excluding ortho intramolecular Hbond substituents is 1. The van der Waals surface area contributed by atoms with Gasteiger partial charge in [0.2, 0.25) is 0 Å². The number of hydrogen-bond donors (Lipinski definition) is 2. The van der Waals surface area contributed by atoms with E-state index in [0.29, 0.717) is 0 Å². The van der Waals surface area contributed by atoms with E-state index in [1.807, 2.05) is 5.43 Å². The van der Waals surface area contributed by atoms with E-state index in [1.165, 1.54) is 6.07 Å². The second-order valence-electron chi connectivity index (χ2n) is 2.86. The lowest BCUT2D eigenvalue weighted by atomic mass is 10.2. The molecule has 0 heterocycles. The monoisotopic (exact) mass is 239 g/mol. The lowest BCUT2D eigenvalue weighted by molar-refractivity contribution is -0.385. The SMILES string of the molecule is COC(=O)N/N=C/c1cc(O)ccc1[N+](=O)[O-]. The fourth-order valence-electron chi connectivity index (χ4n) is 1.01. The molecule has 0 aliphatic heterocycles. The van der Waals surface area contributed by atoms with E-state index in [4.69, 9.17) is 0 Å². The molecule has 0 atom stereocenters. The van der Waals surface area contributed by atoms with Crippen LogP contribution in [0.4, 0.5) is 10.5 Å². The number of phenols is 1. The molecule has 2 N–H and O–H groups in total. The van der Waals surface area contributed by atoms with E-state index in [1.54, 1.807) is 0 Å². The van der Waals surface area contributed by atoms with Crippen LogP contribution in [0.5, 0.6) is 5.75 Å². The third kappa shape index (κ3) is 3.45. The number of amides is 1. The summed E-state index contributed by atoms with van der Waals surface area (Å²) in [4.78, 5) is 20.7. The van der Waals surface area contributed by atoms with Gasteiger partial charge in [-0.15, -0.1) is 0 Å². The minimum Gasteiger partial charge on any atom is -0.508 e. The number of nitro benzene ring substituents is 1. The molecule has 1 amide bonds. The summed E-state index contributed by atoms with van der Waals surface area (Å²) in [6.45, 7) is 0. The molecule has 0 unspecified atom stereocenters. The van der Waals surface area contributed by atoms with Gasteiger partial charge in [-0.3, -0.25) is 10.1 Å². The van der Waals surface area contributed by atoms with E-state index in [-0.39, 0.29) is 17.0 Å². The zero-order valence-corrected chi connectivity index (χ0v) is 8.78. The number of aromatic hydroxyl groups is 1. The van der Waals surface area contributed by atoms with Crippen LogP contribution in [0.25, 0.3) is 0 Å². The molecule has 0 aliphatic carbocycles. The van der Waals surface area contributed by atoms with Crippen molar-refractivity contribution in [3.8, 4) is 5.75 Å². The Morgan fingerprint density at radius 1 is 1.65 bits per heavy atom. The number of carbonyl (C=O) groups excluding carboxylic acids is 1. The average Bonchev–Trinajstić information content (AvgIpc) is 2.28. The maximum absolute atomic E-state index is 10.7. The molecule has 1 rings (SSSR count). The lowest BCUT2D eigenvalue weighted by Crippen LogP contribution is -2.16. The fraction of sp³-hybridized carbons (Fsp3) is 0.111. The van der Waals surface area contributed by atoms with Crippen LogP contribution in [0.1, 0.15) is 5.56 Å². The van der Waals surface area contributed by atoms with Crippen LogP contribution in [0, 0.1) is 10.1 Å². The Kier molecular flexibility index (Phi) is 3.98. The van der Waals surface area contributed by atoms with Crippen LogP contribution in [-0.2, 0) is 4.74 Å². The smallest absolute Gasteiger partial charge is 0.427 e. The first kappa shape index (κ1) is 12.4. The Morgan fingerprint density at radius 3 is 2.94 bits per heavy atom. The third-order valence-electron chi connectivity index (χ3n) is 1.75. The molecule has 8 heteroatoms. The lowest BCUT2D eigenvalue weighted by Gasteiger charge is -1.98. The first-order chi connectivity index (χ1) is 8.04. The molecule has 0 aromatic heterocycles. The van der Waals surface area contributed by atoms with Crippen molar-refractivity contribution in [2.45, 2.75) is 0 Å². The molecule has 17 heavy (non-hydrogen) atoms. The number of hydrogen-bond acceptors (Lipinski definition) is 6. The van der Waals surface area contributed by atoms with Crippen molar-refractivity contribution in [2.24, 2.45) is 5.10 Å². The topological polar surface area (TPSA) is 114 Å². The predicted octanol–water partition coefficient (Wildman–Crippen LogP) is 0.990. The summed E-state index contributed by atoms with van der Waals surface area (Å²) in [6, 6.07) is 3.47. The molecule has 0 saturated carbocycles. The molecular weight excluding hydrogens is 230 g/mol. The summed E-state index contributed by atoms with van der Waals surface area (Å²) in [5.74, 6) is -0.143. The second-order valence-corrected chi connectivity index (χ2v) is 2.86. The highest BCUT2D eigenvalue weighted by Gasteiger charge is 2.12. The molecule has 0 spiro atoms. The van der Waals surface area contributed by atoms with E-state index < -0.39 is 11.0 Å². The van der Waals surface area contributed by atoms with Crippen molar-refractivity contribution in [3.05, 3.63) is 33.9 Å². The molecule has 0 fully saturated rings. The average molecular weight is 239 g/mol. The summed E-state index contributed by atoms with van der Waals surface area (Å²) in [6.07, 6.45) is 0.235. The number of nitrogens with one attached hydrogen (secondary N) is 1. The van der Waals surface area contributed by atoms with Gasteiger partial charge in [0, 0.05) is 6.07 Å². The van der Waals surface area contributed by atoms with Gasteiger partial charge in [-0.1, -0.05) is 0 Å².